The van der Waals surface area contributed by atoms with E-state index in [2.05, 4.69) is 6.58 Å². The van der Waals surface area contributed by atoms with Gasteiger partial charge in [0.15, 0.2) is 11.5 Å². The SMILES string of the molecule is C=C(Cl)COc1c(CO)cc(Cl)cc1OC. The second-order valence-electron chi connectivity index (χ2n) is 3.06. The van der Waals surface area contributed by atoms with E-state index in [9.17, 15) is 5.11 Å². The summed E-state index contributed by atoms with van der Waals surface area (Å²) in [5.74, 6) is 0.880. The smallest absolute Gasteiger partial charge is 0.167 e. The summed E-state index contributed by atoms with van der Waals surface area (Å²) in [5, 5.41) is 10.0. The molecule has 0 aliphatic rings. The maximum atomic E-state index is 9.18. The zero-order valence-corrected chi connectivity index (χ0v) is 10.3. The van der Waals surface area contributed by atoms with Gasteiger partial charge in [0.05, 0.1) is 13.7 Å². The second-order valence-corrected chi connectivity index (χ2v) is 4.03. The molecule has 0 aliphatic heterocycles. The fraction of sp³-hybridized carbons (Fsp3) is 0.273. The van der Waals surface area contributed by atoms with Gasteiger partial charge in [-0.1, -0.05) is 29.8 Å². The average Bonchev–Trinajstić information content (AvgIpc) is 2.25. The summed E-state index contributed by atoms with van der Waals surface area (Å²) < 4.78 is 10.5. The lowest BCUT2D eigenvalue weighted by Gasteiger charge is -2.14. The highest BCUT2D eigenvalue weighted by molar-refractivity contribution is 6.31. The van der Waals surface area contributed by atoms with Gasteiger partial charge in [-0.25, -0.2) is 0 Å². The molecule has 0 saturated carbocycles. The highest BCUT2D eigenvalue weighted by atomic mass is 35.5. The van der Waals surface area contributed by atoms with Crippen molar-refractivity contribution in [2.24, 2.45) is 0 Å². The standard InChI is InChI=1S/C11H12Cl2O3/c1-7(12)6-16-11-8(5-14)3-9(13)4-10(11)15-2/h3-4,14H,1,5-6H2,2H3. The number of ether oxygens (including phenoxy) is 2. The quantitative estimate of drug-likeness (QED) is 0.887. The normalized spacial score (nSPS) is 10.0. The summed E-state index contributed by atoms with van der Waals surface area (Å²) >= 11 is 11.5. The second kappa shape index (κ2) is 5.99. The van der Waals surface area contributed by atoms with E-state index in [1.807, 2.05) is 0 Å². The van der Waals surface area contributed by atoms with E-state index in [-0.39, 0.29) is 13.2 Å². The van der Waals surface area contributed by atoms with Crippen LogP contribution >= 0.6 is 23.2 Å². The summed E-state index contributed by atoms with van der Waals surface area (Å²) in [6, 6.07) is 3.21. The maximum Gasteiger partial charge on any atom is 0.167 e. The van der Waals surface area contributed by atoms with Gasteiger partial charge in [0.25, 0.3) is 0 Å². The molecule has 16 heavy (non-hydrogen) atoms. The highest BCUT2D eigenvalue weighted by Gasteiger charge is 2.12. The summed E-state index contributed by atoms with van der Waals surface area (Å²) in [7, 11) is 1.50. The minimum atomic E-state index is -0.193. The van der Waals surface area contributed by atoms with Crippen LogP contribution < -0.4 is 9.47 Å². The predicted molar refractivity (Wildman–Crippen MR) is 64.4 cm³/mol. The molecule has 0 heterocycles. The maximum absolute atomic E-state index is 9.18. The Bertz CT molecular complexity index is 366. The van der Waals surface area contributed by atoms with Gasteiger partial charge in [0.1, 0.15) is 6.61 Å². The lowest BCUT2D eigenvalue weighted by molar-refractivity contribution is 0.264. The van der Waals surface area contributed by atoms with Gasteiger partial charge in [-0.3, -0.25) is 0 Å². The Balaban J connectivity index is 3.06. The van der Waals surface area contributed by atoms with Crippen molar-refractivity contribution in [3.05, 3.63) is 34.3 Å². The number of halogens is 2. The van der Waals surface area contributed by atoms with Crippen molar-refractivity contribution in [2.75, 3.05) is 13.7 Å². The van der Waals surface area contributed by atoms with Crippen LogP contribution in [-0.2, 0) is 6.61 Å². The lowest BCUT2D eigenvalue weighted by atomic mass is 10.2. The molecule has 1 aromatic rings. The first kappa shape index (κ1) is 13.2. The first-order valence-corrected chi connectivity index (χ1v) is 5.27. The molecule has 5 heteroatoms. The number of hydrogen-bond acceptors (Lipinski definition) is 3. The van der Waals surface area contributed by atoms with Crippen LogP contribution in [0, 0.1) is 0 Å². The van der Waals surface area contributed by atoms with Crippen molar-refractivity contribution >= 4 is 23.2 Å². The molecule has 3 nitrogen and oxygen atoms in total. The molecule has 0 aliphatic carbocycles. The van der Waals surface area contributed by atoms with Crippen molar-refractivity contribution in [3.63, 3.8) is 0 Å². The van der Waals surface area contributed by atoms with Gasteiger partial charge >= 0.3 is 0 Å². The van der Waals surface area contributed by atoms with Crippen LogP contribution in [0.2, 0.25) is 5.02 Å². The van der Waals surface area contributed by atoms with Gasteiger partial charge in [-0.2, -0.15) is 0 Å². The van der Waals surface area contributed by atoms with Crippen LogP contribution in [-0.4, -0.2) is 18.8 Å². The highest BCUT2D eigenvalue weighted by Crippen LogP contribution is 2.35. The molecule has 88 valence electrons. The van der Waals surface area contributed by atoms with Crippen molar-refractivity contribution < 1.29 is 14.6 Å². The summed E-state index contributed by atoms with van der Waals surface area (Å²) in [4.78, 5) is 0. The van der Waals surface area contributed by atoms with Gasteiger partial charge in [-0.05, 0) is 6.07 Å². The predicted octanol–water partition coefficient (Wildman–Crippen LogP) is 2.97. The third kappa shape index (κ3) is 3.30. The Morgan fingerprint density at radius 2 is 2.19 bits per heavy atom. The van der Waals surface area contributed by atoms with E-state index >= 15 is 0 Å². The Morgan fingerprint density at radius 1 is 1.50 bits per heavy atom. The first-order valence-electron chi connectivity index (χ1n) is 4.51. The van der Waals surface area contributed by atoms with Crippen LogP contribution in [0.4, 0.5) is 0 Å². The fourth-order valence-corrected chi connectivity index (χ4v) is 1.49. The largest absolute Gasteiger partial charge is 0.493 e. The molecule has 1 rings (SSSR count). The number of aliphatic hydroxyl groups is 1. The molecular formula is C11H12Cl2O3. The van der Waals surface area contributed by atoms with E-state index in [4.69, 9.17) is 32.7 Å². The molecular weight excluding hydrogens is 251 g/mol. The summed E-state index contributed by atoms with van der Waals surface area (Å²) in [6.07, 6.45) is 0. The molecule has 0 aromatic heterocycles. The van der Waals surface area contributed by atoms with Crippen LogP contribution in [0.5, 0.6) is 11.5 Å². The summed E-state index contributed by atoms with van der Waals surface area (Å²) in [6.45, 7) is 3.46. The molecule has 0 amide bonds. The molecule has 0 spiro atoms. The average molecular weight is 263 g/mol. The zero-order chi connectivity index (χ0) is 12.1. The summed E-state index contributed by atoms with van der Waals surface area (Å²) in [5.41, 5.74) is 0.544. The van der Waals surface area contributed by atoms with Crippen LogP contribution in [0.15, 0.2) is 23.7 Å². The number of benzene rings is 1. The van der Waals surface area contributed by atoms with E-state index in [1.165, 1.54) is 7.11 Å². The third-order valence-corrected chi connectivity index (χ3v) is 2.19. The van der Waals surface area contributed by atoms with Gasteiger partial charge in [-0.15, -0.1) is 0 Å². The van der Waals surface area contributed by atoms with Crippen molar-refractivity contribution in [2.45, 2.75) is 6.61 Å². The molecule has 0 bridgehead atoms. The Labute approximate surface area is 104 Å². The molecule has 0 atom stereocenters. The molecule has 0 saturated heterocycles. The first-order chi connectivity index (χ1) is 7.58. The van der Waals surface area contributed by atoms with Crippen molar-refractivity contribution in [1.82, 2.24) is 0 Å². The zero-order valence-electron chi connectivity index (χ0n) is 8.80. The minimum absolute atomic E-state index is 0.145. The van der Waals surface area contributed by atoms with Gasteiger partial charge in [0.2, 0.25) is 0 Å². The Kier molecular flexibility index (Phi) is 4.93. The number of rotatable bonds is 5. The molecule has 0 fully saturated rings. The number of methoxy groups -OCH3 is 1. The van der Waals surface area contributed by atoms with Crippen LogP contribution in [0.3, 0.4) is 0 Å². The number of aliphatic hydroxyl groups excluding tert-OH is 1. The van der Waals surface area contributed by atoms with E-state index in [1.54, 1.807) is 12.1 Å². The van der Waals surface area contributed by atoms with Crippen LogP contribution in [0.1, 0.15) is 5.56 Å². The lowest BCUT2D eigenvalue weighted by Crippen LogP contribution is -2.02. The number of hydrogen-bond donors (Lipinski definition) is 1. The van der Waals surface area contributed by atoms with Crippen molar-refractivity contribution in [1.29, 1.82) is 0 Å². The Morgan fingerprint density at radius 3 is 2.69 bits per heavy atom. The molecule has 0 unspecified atom stereocenters. The fourth-order valence-electron chi connectivity index (χ4n) is 1.21. The van der Waals surface area contributed by atoms with Gasteiger partial charge < -0.3 is 14.6 Å². The van der Waals surface area contributed by atoms with Crippen molar-refractivity contribution in [3.8, 4) is 11.5 Å². The molecule has 0 radical (unpaired) electrons. The molecule has 1 aromatic carbocycles. The van der Waals surface area contributed by atoms with Crippen LogP contribution in [0.25, 0.3) is 0 Å². The third-order valence-electron chi connectivity index (χ3n) is 1.86. The van der Waals surface area contributed by atoms with E-state index in [0.29, 0.717) is 27.1 Å². The molecule has 1 N–H and O–H groups in total. The van der Waals surface area contributed by atoms with E-state index < -0.39 is 0 Å². The topological polar surface area (TPSA) is 38.7 Å². The van der Waals surface area contributed by atoms with Gasteiger partial charge in [0, 0.05) is 21.7 Å². The monoisotopic (exact) mass is 262 g/mol. The van der Waals surface area contributed by atoms with E-state index in [0.717, 1.165) is 0 Å². The minimum Gasteiger partial charge on any atom is -0.493 e. The Hall–Kier alpha value is -0.900.